The van der Waals surface area contributed by atoms with Crippen molar-refractivity contribution in [2.75, 3.05) is 6.61 Å². The molecule has 150 valence electrons. The van der Waals surface area contributed by atoms with E-state index in [-0.39, 0.29) is 10.9 Å². The van der Waals surface area contributed by atoms with E-state index in [1.807, 2.05) is 6.92 Å². The van der Waals surface area contributed by atoms with Crippen LogP contribution in [-0.4, -0.2) is 22.7 Å². The standard InChI is InChI=1S/C24H17F2NO3/c1-2-30-17-8-9-18(21(26)12-17)14-3-5-15(6-4-14)23-13-20(24(28)29)19-11-16(25)7-10-22(19)27-23/h3-13H,2H2,1H3,(H,28,29). The summed E-state index contributed by atoms with van der Waals surface area (Å²) < 4.78 is 33.3. The van der Waals surface area contributed by atoms with Crippen molar-refractivity contribution in [3.8, 4) is 28.1 Å². The quantitative estimate of drug-likeness (QED) is 0.446. The maximum absolute atomic E-state index is 14.4. The third-order valence-corrected chi connectivity index (χ3v) is 4.74. The zero-order chi connectivity index (χ0) is 21.3. The van der Waals surface area contributed by atoms with E-state index in [0.29, 0.717) is 40.3 Å². The van der Waals surface area contributed by atoms with Crippen molar-refractivity contribution in [1.82, 2.24) is 4.98 Å². The SMILES string of the molecule is CCOc1ccc(-c2ccc(-c3cc(C(=O)O)c4cc(F)ccc4n3)cc2)c(F)c1. The molecule has 4 nitrogen and oxygen atoms in total. The largest absolute Gasteiger partial charge is 0.494 e. The fourth-order valence-corrected chi connectivity index (χ4v) is 3.33. The second kappa shape index (κ2) is 7.91. The van der Waals surface area contributed by atoms with E-state index in [2.05, 4.69) is 4.98 Å². The predicted molar refractivity (Wildman–Crippen MR) is 111 cm³/mol. The summed E-state index contributed by atoms with van der Waals surface area (Å²) in [6.45, 7) is 2.29. The number of halogens is 2. The van der Waals surface area contributed by atoms with Crippen LogP contribution in [0.5, 0.6) is 5.75 Å². The molecule has 0 atom stereocenters. The lowest BCUT2D eigenvalue weighted by atomic mass is 10.00. The molecular weight excluding hydrogens is 388 g/mol. The molecule has 1 N–H and O–H groups in total. The van der Waals surface area contributed by atoms with Crippen molar-refractivity contribution in [2.24, 2.45) is 0 Å². The summed E-state index contributed by atoms with van der Waals surface area (Å²) in [5.41, 5.74) is 2.55. The Labute approximate surface area is 171 Å². The average molecular weight is 405 g/mol. The van der Waals surface area contributed by atoms with Crippen LogP contribution in [0.1, 0.15) is 17.3 Å². The van der Waals surface area contributed by atoms with E-state index in [1.165, 1.54) is 24.3 Å². The van der Waals surface area contributed by atoms with Gasteiger partial charge in [-0.1, -0.05) is 24.3 Å². The van der Waals surface area contributed by atoms with Crippen LogP contribution in [0.4, 0.5) is 8.78 Å². The number of benzene rings is 3. The Morgan fingerprint density at radius 3 is 2.37 bits per heavy atom. The zero-order valence-corrected chi connectivity index (χ0v) is 16.0. The maximum Gasteiger partial charge on any atom is 0.336 e. The van der Waals surface area contributed by atoms with Crippen LogP contribution in [0.15, 0.2) is 66.7 Å². The highest BCUT2D eigenvalue weighted by molar-refractivity contribution is 6.03. The molecule has 0 aliphatic rings. The summed E-state index contributed by atoms with van der Waals surface area (Å²) in [5.74, 6) is -1.62. The molecule has 6 heteroatoms. The van der Waals surface area contributed by atoms with Crippen LogP contribution < -0.4 is 4.74 Å². The summed E-state index contributed by atoms with van der Waals surface area (Å²) in [6, 6.07) is 16.9. The highest BCUT2D eigenvalue weighted by Gasteiger charge is 2.14. The van der Waals surface area contributed by atoms with Crippen LogP contribution in [0.3, 0.4) is 0 Å². The minimum atomic E-state index is -1.16. The summed E-state index contributed by atoms with van der Waals surface area (Å²) in [5, 5.41) is 9.76. The number of nitrogens with zero attached hydrogens (tertiary/aromatic N) is 1. The van der Waals surface area contributed by atoms with Gasteiger partial charge in [-0.2, -0.15) is 0 Å². The number of ether oxygens (including phenoxy) is 1. The topological polar surface area (TPSA) is 59.4 Å². The Morgan fingerprint density at radius 1 is 0.967 bits per heavy atom. The van der Waals surface area contributed by atoms with Crippen LogP contribution in [0.2, 0.25) is 0 Å². The molecule has 1 aromatic heterocycles. The molecule has 0 spiro atoms. The third-order valence-electron chi connectivity index (χ3n) is 4.74. The van der Waals surface area contributed by atoms with Crippen molar-refractivity contribution >= 4 is 16.9 Å². The zero-order valence-electron chi connectivity index (χ0n) is 16.0. The Kier molecular flexibility index (Phi) is 5.14. The fraction of sp³-hybridized carbons (Fsp3) is 0.0833. The molecule has 3 aromatic carbocycles. The first-order valence-electron chi connectivity index (χ1n) is 9.33. The summed E-state index contributed by atoms with van der Waals surface area (Å²) >= 11 is 0. The van der Waals surface area contributed by atoms with E-state index in [9.17, 15) is 18.7 Å². The number of carbonyl (C=O) groups is 1. The molecule has 0 radical (unpaired) electrons. The summed E-state index contributed by atoms with van der Waals surface area (Å²) in [4.78, 5) is 16.1. The predicted octanol–water partition coefficient (Wildman–Crippen LogP) is 5.94. The Balaban J connectivity index is 1.73. The van der Waals surface area contributed by atoms with Crippen molar-refractivity contribution in [3.63, 3.8) is 0 Å². The highest BCUT2D eigenvalue weighted by Crippen LogP contribution is 2.30. The molecule has 0 unspecified atom stereocenters. The van der Waals surface area contributed by atoms with Gasteiger partial charge in [-0.25, -0.2) is 18.6 Å². The Morgan fingerprint density at radius 2 is 1.70 bits per heavy atom. The summed E-state index contributed by atoms with van der Waals surface area (Å²) in [6.07, 6.45) is 0. The number of hydrogen-bond donors (Lipinski definition) is 1. The lowest BCUT2D eigenvalue weighted by Gasteiger charge is -2.10. The normalized spacial score (nSPS) is 10.9. The molecule has 0 saturated heterocycles. The number of aromatic carboxylic acids is 1. The van der Waals surface area contributed by atoms with E-state index in [1.54, 1.807) is 36.4 Å². The first-order chi connectivity index (χ1) is 14.5. The van der Waals surface area contributed by atoms with Crippen molar-refractivity contribution in [1.29, 1.82) is 0 Å². The van der Waals surface area contributed by atoms with E-state index < -0.39 is 17.6 Å². The number of carboxylic acids is 1. The van der Waals surface area contributed by atoms with Crippen LogP contribution >= 0.6 is 0 Å². The van der Waals surface area contributed by atoms with Gasteiger partial charge in [-0.05, 0) is 48.9 Å². The first-order valence-corrected chi connectivity index (χ1v) is 9.33. The number of aromatic nitrogens is 1. The Bertz CT molecular complexity index is 1250. The van der Waals surface area contributed by atoms with Gasteiger partial charge in [0.2, 0.25) is 0 Å². The number of fused-ring (bicyclic) bond motifs is 1. The smallest absolute Gasteiger partial charge is 0.336 e. The highest BCUT2D eigenvalue weighted by atomic mass is 19.1. The van der Waals surface area contributed by atoms with Gasteiger partial charge in [-0.15, -0.1) is 0 Å². The first kappa shape index (κ1) is 19.5. The molecule has 4 aromatic rings. The van der Waals surface area contributed by atoms with E-state index in [4.69, 9.17) is 4.74 Å². The average Bonchev–Trinajstić information content (AvgIpc) is 2.73. The monoisotopic (exact) mass is 405 g/mol. The van der Waals surface area contributed by atoms with Crippen molar-refractivity contribution in [3.05, 3.63) is 83.9 Å². The van der Waals surface area contributed by atoms with Gasteiger partial charge in [0.1, 0.15) is 17.4 Å². The van der Waals surface area contributed by atoms with Gasteiger partial charge >= 0.3 is 5.97 Å². The third kappa shape index (κ3) is 3.72. The number of pyridine rings is 1. The van der Waals surface area contributed by atoms with Crippen LogP contribution in [0.25, 0.3) is 33.3 Å². The fourth-order valence-electron chi connectivity index (χ4n) is 3.33. The van der Waals surface area contributed by atoms with Crippen LogP contribution in [-0.2, 0) is 0 Å². The molecular formula is C24H17F2NO3. The number of hydrogen-bond acceptors (Lipinski definition) is 3. The minimum absolute atomic E-state index is 0.0314. The van der Waals surface area contributed by atoms with Gasteiger partial charge in [-0.3, -0.25) is 0 Å². The molecule has 0 bridgehead atoms. The lowest BCUT2D eigenvalue weighted by Crippen LogP contribution is -2.00. The second-order valence-electron chi connectivity index (χ2n) is 6.67. The molecule has 1 heterocycles. The molecule has 0 amide bonds. The number of rotatable bonds is 5. The minimum Gasteiger partial charge on any atom is -0.494 e. The van der Waals surface area contributed by atoms with E-state index in [0.717, 1.165) is 6.07 Å². The Hall–Kier alpha value is -3.80. The lowest BCUT2D eigenvalue weighted by molar-refractivity contribution is 0.0699. The van der Waals surface area contributed by atoms with Crippen molar-refractivity contribution < 1.29 is 23.4 Å². The molecule has 0 saturated carbocycles. The molecule has 4 rings (SSSR count). The van der Waals surface area contributed by atoms with Gasteiger partial charge in [0.25, 0.3) is 0 Å². The van der Waals surface area contributed by atoms with Crippen molar-refractivity contribution in [2.45, 2.75) is 6.92 Å². The maximum atomic E-state index is 14.4. The van der Waals surface area contributed by atoms with E-state index >= 15 is 0 Å². The van der Waals surface area contributed by atoms with Crippen LogP contribution in [0, 0.1) is 11.6 Å². The second-order valence-corrected chi connectivity index (χ2v) is 6.67. The van der Waals surface area contributed by atoms with Gasteiger partial charge in [0.15, 0.2) is 0 Å². The number of carboxylic acid groups (broad SMARTS) is 1. The molecule has 30 heavy (non-hydrogen) atoms. The van der Waals surface area contributed by atoms with Gasteiger partial charge in [0, 0.05) is 22.6 Å². The van der Waals surface area contributed by atoms with Gasteiger partial charge < -0.3 is 9.84 Å². The van der Waals surface area contributed by atoms with Gasteiger partial charge in [0.05, 0.1) is 23.4 Å². The summed E-state index contributed by atoms with van der Waals surface area (Å²) in [7, 11) is 0. The molecule has 0 aliphatic heterocycles. The molecule has 0 fully saturated rings. The molecule has 0 aliphatic carbocycles.